The highest BCUT2D eigenvalue weighted by Gasteiger charge is 2.13. The Labute approximate surface area is 153 Å². The third-order valence-corrected chi connectivity index (χ3v) is 4.61. The maximum atomic E-state index is 12.3. The maximum absolute atomic E-state index is 12.3. The Hall–Kier alpha value is -3.32. The van der Waals surface area contributed by atoms with Crippen molar-refractivity contribution in [2.75, 3.05) is 5.32 Å². The number of benzene rings is 1. The Balaban J connectivity index is 1.54. The monoisotopic (exact) mass is 362 g/mol. The zero-order chi connectivity index (χ0) is 17.8. The molecule has 0 aliphatic heterocycles. The van der Waals surface area contributed by atoms with Crippen LogP contribution in [0.15, 0.2) is 70.8 Å². The summed E-state index contributed by atoms with van der Waals surface area (Å²) in [6.07, 6.45) is 3.80. The van der Waals surface area contributed by atoms with Gasteiger partial charge in [-0.2, -0.15) is 4.98 Å². The zero-order valence-corrected chi connectivity index (χ0v) is 14.4. The van der Waals surface area contributed by atoms with Crippen LogP contribution < -0.4 is 5.32 Å². The van der Waals surface area contributed by atoms with Gasteiger partial charge >= 0.3 is 0 Å². The first kappa shape index (κ1) is 16.2. The molecule has 0 bridgehead atoms. The fraction of sp³-hybridized carbons (Fsp3) is 0.0526. The number of pyridine rings is 1. The molecule has 26 heavy (non-hydrogen) atoms. The van der Waals surface area contributed by atoms with Crippen molar-refractivity contribution in [3.05, 3.63) is 82.6 Å². The lowest BCUT2D eigenvalue weighted by Gasteiger charge is -2.08. The number of carbonyl (C=O) groups is 1. The minimum absolute atomic E-state index is 0.131. The Morgan fingerprint density at radius 1 is 1.12 bits per heavy atom. The first-order valence-corrected chi connectivity index (χ1v) is 8.83. The number of para-hydroxylation sites is 1. The molecule has 6 nitrogen and oxygen atoms in total. The van der Waals surface area contributed by atoms with E-state index in [2.05, 4.69) is 20.4 Å². The molecule has 7 heteroatoms. The lowest BCUT2D eigenvalue weighted by atomic mass is 10.1. The van der Waals surface area contributed by atoms with Gasteiger partial charge in [-0.05, 0) is 35.2 Å². The molecular weight excluding hydrogens is 348 g/mol. The van der Waals surface area contributed by atoms with E-state index in [1.54, 1.807) is 18.5 Å². The van der Waals surface area contributed by atoms with Crippen LogP contribution in [0.2, 0.25) is 0 Å². The number of amides is 1. The van der Waals surface area contributed by atoms with Crippen LogP contribution in [0.25, 0.3) is 11.4 Å². The highest BCUT2D eigenvalue weighted by molar-refractivity contribution is 7.12. The van der Waals surface area contributed by atoms with Gasteiger partial charge in [-0.25, -0.2) is 0 Å². The van der Waals surface area contributed by atoms with Crippen LogP contribution in [0.3, 0.4) is 0 Å². The minimum atomic E-state index is -0.131. The summed E-state index contributed by atoms with van der Waals surface area (Å²) < 4.78 is 5.36. The van der Waals surface area contributed by atoms with Crippen molar-refractivity contribution in [2.24, 2.45) is 0 Å². The maximum Gasteiger partial charge on any atom is 0.265 e. The summed E-state index contributed by atoms with van der Waals surface area (Å²) in [6, 6.07) is 14.9. The summed E-state index contributed by atoms with van der Waals surface area (Å²) in [7, 11) is 0. The fourth-order valence-corrected chi connectivity index (χ4v) is 3.11. The van der Waals surface area contributed by atoms with Crippen molar-refractivity contribution < 1.29 is 9.32 Å². The van der Waals surface area contributed by atoms with Gasteiger partial charge in [-0.15, -0.1) is 11.3 Å². The molecule has 1 aromatic carbocycles. The van der Waals surface area contributed by atoms with Crippen molar-refractivity contribution in [3.63, 3.8) is 0 Å². The van der Waals surface area contributed by atoms with Crippen molar-refractivity contribution in [2.45, 2.75) is 6.42 Å². The number of thiophene rings is 1. The average Bonchev–Trinajstić information content (AvgIpc) is 3.36. The average molecular weight is 362 g/mol. The van der Waals surface area contributed by atoms with E-state index in [4.69, 9.17) is 4.52 Å². The van der Waals surface area contributed by atoms with Gasteiger partial charge in [0.15, 0.2) is 0 Å². The quantitative estimate of drug-likeness (QED) is 0.579. The molecule has 1 N–H and O–H groups in total. The third-order valence-electron chi connectivity index (χ3n) is 3.74. The van der Waals surface area contributed by atoms with Gasteiger partial charge in [0.1, 0.15) is 0 Å². The van der Waals surface area contributed by atoms with Crippen molar-refractivity contribution in [1.29, 1.82) is 0 Å². The third kappa shape index (κ3) is 3.52. The van der Waals surface area contributed by atoms with Crippen LogP contribution in [-0.2, 0) is 6.42 Å². The van der Waals surface area contributed by atoms with Crippen LogP contribution in [0.5, 0.6) is 0 Å². The summed E-state index contributed by atoms with van der Waals surface area (Å²) in [6.45, 7) is 0. The molecule has 0 saturated carbocycles. The van der Waals surface area contributed by atoms with E-state index in [1.807, 2.05) is 47.8 Å². The largest absolute Gasteiger partial charge is 0.339 e. The molecule has 0 radical (unpaired) electrons. The lowest BCUT2D eigenvalue weighted by molar-refractivity contribution is 0.103. The molecule has 3 heterocycles. The lowest BCUT2D eigenvalue weighted by Crippen LogP contribution is -2.11. The highest BCUT2D eigenvalue weighted by atomic mass is 32.1. The van der Waals surface area contributed by atoms with Crippen LogP contribution >= 0.6 is 11.3 Å². The van der Waals surface area contributed by atoms with E-state index in [0.717, 1.165) is 16.8 Å². The van der Waals surface area contributed by atoms with Crippen LogP contribution in [0, 0.1) is 0 Å². The summed E-state index contributed by atoms with van der Waals surface area (Å²) in [5, 5.41) is 8.82. The Bertz CT molecular complexity index is 1010. The number of aromatic nitrogens is 3. The topological polar surface area (TPSA) is 80.9 Å². The fourth-order valence-electron chi connectivity index (χ4n) is 2.49. The minimum Gasteiger partial charge on any atom is -0.339 e. The molecule has 0 aliphatic carbocycles. The smallest absolute Gasteiger partial charge is 0.265 e. The second kappa shape index (κ2) is 7.28. The molecule has 128 valence electrons. The molecule has 0 fully saturated rings. The first-order chi connectivity index (χ1) is 12.8. The molecule has 0 saturated heterocycles. The van der Waals surface area contributed by atoms with Gasteiger partial charge in [-0.3, -0.25) is 9.78 Å². The molecule has 4 rings (SSSR count). The number of anilines is 1. The van der Waals surface area contributed by atoms with Crippen LogP contribution in [0.4, 0.5) is 5.69 Å². The van der Waals surface area contributed by atoms with Crippen molar-refractivity contribution >= 4 is 22.9 Å². The standard InChI is InChI=1S/C19H14N4O2S/c24-19(16-8-4-10-26-16)21-15-7-2-1-5-13(15)11-17-22-18(23-25-17)14-6-3-9-20-12-14/h1-10,12H,11H2,(H,21,24). The Kier molecular flexibility index (Phi) is 4.53. The number of hydrogen-bond acceptors (Lipinski definition) is 6. The summed E-state index contributed by atoms with van der Waals surface area (Å²) in [4.78, 5) is 21.4. The summed E-state index contributed by atoms with van der Waals surface area (Å²) in [5.74, 6) is 0.837. The molecule has 0 aliphatic rings. The number of nitrogens with one attached hydrogen (secondary N) is 1. The number of rotatable bonds is 5. The second-order valence-corrected chi connectivity index (χ2v) is 6.47. The van der Waals surface area contributed by atoms with E-state index in [1.165, 1.54) is 11.3 Å². The van der Waals surface area contributed by atoms with E-state index >= 15 is 0 Å². The number of carbonyl (C=O) groups excluding carboxylic acids is 1. The highest BCUT2D eigenvalue weighted by Crippen LogP contribution is 2.22. The molecule has 3 aromatic heterocycles. The molecule has 0 unspecified atom stereocenters. The van der Waals surface area contributed by atoms with E-state index < -0.39 is 0 Å². The number of hydrogen-bond donors (Lipinski definition) is 1. The van der Waals surface area contributed by atoms with Gasteiger partial charge in [-0.1, -0.05) is 29.4 Å². The SMILES string of the molecule is O=C(Nc1ccccc1Cc1nc(-c2cccnc2)no1)c1cccs1. The van der Waals surface area contributed by atoms with E-state index in [9.17, 15) is 4.79 Å². The van der Waals surface area contributed by atoms with Crippen molar-refractivity contribution in [3.8, 4) is 11.4 Å². The second-order valence-electron chi connectivity index (χ2n) is 5.52. The van der Waals surface area contributed by atoms with Gasteiger partial charge in [0.05, 0.1) is 11.3 Å². The molecule has 1 amide bonds. The van der Waals surface area contributed by atoms with E-state index in [0.29, 0.717) is 23.0 Å². The summed E-state index contributed by atoms with van der Waals surface area (Å²) in [5.41, 5.74) is 2.42. The van der Waals surface area contributed by atoms with Crippen molar-refractivity contribution in [1.82, 2.24) is 15.1 Å². The summed E-state index contributed by atoms with van der Waals surface area (Å²) >= 11 is 1.40. The van der Waals surface area contributed by atoms with Gasteiger partial charge < -0.3 is 9.84 Å². The molecule has 0 atom stereocenters. The molecular formula is C19H14N4O2S. The first-order valence-electron chi connectivity index (χ1n) is 7.95. The van der Waals surface area contributed by atoms with E-state index in [-0.39, 0.29) is 5.91 Å². The normalized spacial score (nSPS) is 10.6. The van der Waals surface area contributed by atoms with Crippen LogP contribution in [-0.4, -0.2) is 21.0 Å². The Morgan fingerprint density at radius 2 is 2.04 bits per heavy atom. The predicted octanol–water partition coefficient (Wildman–Crippen LogP) is 4.04. The Morgan fingerprint density at radius 3 is 2.85 bits per heavy atom. The number of nitrogens with zero attached hydrogens (tertiary/aromatic N) is 3. The molecule has 4 aromatic rings. The predicted molar refractivity (Wildman–Crippen MR) is 99.0 cm³/mol. The van der Waals surface area contributed by atoms with Gasteiger partial charge in [0.2, 0.25) is 11.7 Å². The van der Waals surface area contributed by atoms with Gasteiger partial charge in [0.25, 0.3) is 5.91 Å². The van der Waals surface area contributed by atoms with Gasteiger partial charge in [0, 0.05) is 23.6 Å². The molecule has 0 spiro atoms. The van der Waals surface area contributed by atoms with Crippen LogP contribution in [0.1, 0.15) is 21.1 Å². The zero-order valence-electron chi connectivity index (χ0n) is 13.6.